The number of fused-ring (bicyclic) bond motifs is 1. The van der Waals surface area contributed by atoms with Gasteiger partial charge in [-0.15, -0.1) is 11.6 Å². The van der Waals surface area contributed by atoms with E-state index in [2.05, 4.69) is 21.8 Å². The van der Waals surface area contributed by atoms with E-state index in [0.717, 1.165) is 22.4 Å². The molecular weight excluding hydrogens is 196 g/mol. The molecule has 70 valence electrons. The summed E-state index contributed by atoms with van der Waals surface area (Å²) in [6.07, 6.45) is 0. The molecule has 1 aromatic carbocycles. The van der Waals surface area contributed by atoms with Crippen molar-refractivity contribution in [2.45, 2.75) is 6.92 Å². The highest BCUT2D eigenvalue weighted by Crippen LogP contribution is 2.12. The molecule has 0 fully saturated rings. The van der Waals surface area contributed by atoms with E-state index < -0.39 is 0 Å². The maximum Gasteiger partial charge on any atom is 0.104 e. The lowest BCUT2D eigenvalue weighted by Crippen LogP contribution is -1.75. The van der Waals surface area contributed by atoms with Gasteiger partial charge < -0.3 is 4.98 Å². The normalized spacial score (nSPS) is 9.86. The molecule has 0 radical (unpaired) electrons. The third kappa shape index (κ3) is 1.73. The monoisotopic (exact) mass is 204 g/mol. The van der Waals surface area contributed by atoms with Gasteiger partial charge in [0.25, 0.3) is 0 Å². The SMILES string of the molecule is Cc1nc2ccc(C#CCCl)cc2[nH]1. The van der Waals surface area contributed by atoms with E-state index in [9.17, 15) is 0 Å². The van der Waals surface area contributed by atoms with Crippen LogP contribution < -0.4 is 0 Å². The third-order valence-electron chi connectivity index (χ3n) is 1.90. The Balaban J connectivity index is 2.50. The number of aromatic amines is 1. The Labute approximate surface area is 87.3 Å². The lowest BCUT2D eigenvalue weighted by Gasteiger charge is -1.89. The van der Waals surface area contributed by atoms with E-state index >= 15 is 0 Å². The van der Waals surface area contributed by atoms with E-state index in [-0.39, 0.29) is 0 Å². The Morgan fingerprint density at radius 3 is 3.14 bits per heavy atom. The molecule has 0 spiro atoms. The quantitative estimate of drug-likeness (QED) is 0.518. The number of hydrogen-bond acceptors (Lipinski definition) is 1. The number of nitrogens with zero attached hydrogens (tertiary/aromatic N) is 1. The predicted octanol–water partition coefficient (Wildman–Crippen LogP) is 2.46. The number of alkyl halides is 1. The molecule has 2 aromatic rings. The summed E-state index contributed by atoms with van der Waals surface area (Å²) < 4.78 is 0. The second-order valence-electron chi connectivity index (χ2n) is 2.99. The first-order chi connectivity index (χ1) is 6.79. The second kappa shape index (κ2) is 3.73. The van der Waals surface area contributed by atoms with Crippen molar-refractivity contribution in [1.29, 1.82) is 0 Å². The molecule has 2 rings (SSSR count). The van der Waals surface area contributed by atoms with Gasteiger partial charge in [-0.25, -0.2) is 4.98 Å². The van der Waals surface area contributed by atoms with Gasteiger partial charge in [0.15, 0.2) is 0 Å². The van der Waals surface area contributed by atoms with E-state index in [1.807, 2.05) is 25.1 Å². The van der Waals surface area contributed by atoms with Gasteiger partial charge >= 0.3 is 0 Å². The first kappa shape index (κ1) is 9.11. The van der Waals surface area contributed by atoms with Gasteiger partial charge in [0.1, 0.15) is 5.82 Å². The van der Waals surface area contributed by atoms with E-state index in [1.165, 1.54) is 0 Å². The Morgan fingerprint density at radius 1 is 1.50 bits per heavy atom. The van der Waals surface area contributed by atoms with Gasteiger partial charge in [-0.05, 0) is 25.1 Å². The van der Waals surface area contributed by atoms with Gasteiger partial charge in [0, 0.05) is 5.56 Å². The van der Waals surface area contributed by atoms with Crippen molar-refractivity contribution in [2.75, 3.05) is 5.88 Å². The summed E-state index contributed by atoms with van der Waals surface area (Å²) in [5.74, 6) is 7.06. The molecule has 2 nitrogen and oxygen atoms in total. The fourth-order valence-corrected chi connectivity index (χ4v) is 1.42. The number of rotatable bonds is 0. The zero-order valence-corrected chi connectivity index (χ0v) is 8.52. The lowest BCUT2D eigenvalue weighted by atomic mass is 10.2. The van der Waals surface area contributed by atoms with Gasteiger partial charge in [0.2, 0.25) is 0 Å². The van der Waals surface area contributed by atoms with Gasteiger partial charge in [-0.2, -0.15) is 0 Å². The average molecular weight is 205 g/mol. The summed E-state index contributed by atoms with van der Waals surface area (Å²) in [7, 11) is 0. The number of hydrogen-bond donors (Lipinski definition) is 1. The van der Waals surface area contributed by atoms with Crippen molar-refractivity contribution in [1.82, 2.24) is 9.97 Å². The van der Waals surface area contributed by atoms with Crippen molar-refractivity contribution in [3.8, 4) is 11.8 Å². The molecule has 0 amide bonds. The zero-order chi connectivity index (χ0) is 9.97. The highest BCUT2D eigenvalue weighted by Gasteiger charge is 1.98. The van der Waals surface area contributed by atoms with Crippen molar-refractivity contribution >= 4 is 22.6 Å². The molecule has 0 saturated heterocycles. The molecule has 14 heavy (non-hydrogen) atoms. The average Bonchev–Trinajstić information content (AvgIpc) is 2.54. The van der Waals surface area contributed by atoms with Gasteiger partial charge in [-0.3, -0.25) is 0 Å². The minimum atomic E-state index is 0.361. The summed E-state index contributed by atoms with van der Waals surface area (Å²) in [5.41, 5.74) is 2.95. The fourth-order valence-electron chi connectivity index (χ4n) is 1.35. The number of aromatic nitrogens is 2. The molecule has 1 aromatic heterocycles. The van der Waals surface area contributed by atoms with Crippen LogP contribution in [0.3, 0.4) is 0 Å². The molecule has 3 heteroatoms. The Hall–Kier alpha value is -1.46. The Bertz CT molecular complexity index is 517. The number of nitrogens with one attached hydrogen (secondary N) is 1. The number of benzene rings is 1. The van der Waals surface area contributed by atoms with Crippen molar-refractivity contribution in [2.24, 2.45) is 0 Å². The van der Waals surface area contributed by atoms with Crippen LogP contribution in [-0.2, 0) is 0 Å². The number of imidazole rings is 1. The van der Waals surface area contributed by atoms with Crippen LogP contribution in [0.2, 0.25) is 0 Å². The van der Waals surface area contributed by atoms with Crippen molar-refractivity contribution in [3.05, 3.63) is 29.6 Å². The summed E-state index contributed by atoms with van der Waals surface area (Å²) >= 11 is 5.48. The van der Waals surface area contributed by atoms with Crippen LogP contribution in [0.4, 0.5) is 0 Å². The van der Waals surface area contributed by atoms with E-state index in [1.54, 1.807) is 0 Å². The highest BCUT2D eigenvalue weighted by molar-refractivity contribution is 6.19. The molecule has 0 aliphatic carbocycles. The van der Waals surface area contributed by atoms with E-state index in [4.69, 9.17) is 11.6 Å². The zero-order valence-electron chi connectivity index (χ0n) is 7.76. The summed E-state index contributed by atoms with van der Waals surface area (Å²) in [6, 6.07) is 5.88. The Morgan fingerprint density at radius 2 is 2.36 bits per heavy atom. The molecule has 1 heterocycles. The van der Waals surface area contributed by atoms with Crippen LogP contribution in [0.1, 0.15) is 11.4 Å². The smallest absolute Gasteiger partial charge is 0.104 e. The van der Waals surface area contributed by atoms with Crippen LogP contribution in [-0.4, -0.2) is 15.8 Å². The fraction of sp³-hybridized carbons (Fsp3) is 0.182. The largest absolute Gasteiger partial charge is 0.342 e. The van der Waals surface area contributed by atoms with Crippen LogP contribution in [0, 0.1) is 18.8 Å². The molecule has 0 aliphatic heterocycles. The summed E-state index contributed by atoms with van der Waals surface area (Å²) in [4.78, 5) is 7.47. The lowest BCUT2D eigenvalue weighted by molar-refractivity contribution is 1.17. The number of aryl methyl sites for hydroxylation is 1. The molecule has 1 N–H and O–H groups in total. The van der Waals surface area contributed by atoms with Crippen molar-refractivity contribution < 1.29 is 0 Å². The molecule has 0 bridgehead atoms. The van der Waals surface area contributed by atoms with Crippen LogP contribution in [0.15, 0.2) is 18.2 Å². The van der Waals surface area contributed by atoms with Crippen LogP contribution in [0.5, 0.6) is 0 Å². The van der Waals surface area contributed by atoms with E-state index in [0.29, 0.717) is 5.88 Å². The van der Waals surface area contributed by atoms with Crippen molar-refractivity contribution in [3.63, 3.8) is 0 Å². The Kier molecular flexibility index (Phi) is 2.43. The second-order valence-corrected chi connectivity index (χ2v) is 3.26. The predicted molar refractivity (Wildman–Crippen MR) is 58.4 cm³/mol. The van der Waals surface area contributed by atoms with Crippen LogP contribution >= 0.6 is 11.6 Å². The number of halogens is 1. The van der Waals surface area contributed by atoms with Crippen LogP contribution in [0.25, 0.3) is 11.0 Å². The van der Waals surface area contributed by atoms with Gasteiger partial charge in [0.05, 0.1) is 16.9 Å². The summed E-state index contributed by atoms with van der Waals surface area (Å²) in [6.45, 7) is 1.93. The first-order valence-corrected chi connectivity index (χ1v) is 4.84. The topological polar surface area (TPSA) is 28.7 Å². The standard InChI is InChI=1S/C11H9ClN2/c1-8-13-10-5-4-9(3-2-6-12)7-11(10)14-8/h4-5,7H,6H2,1H3,(H,13,14). The first-order valence-electron chi connectivity index (χ1n) is 4.31. The minimum Gasteiger partial charge on any atom is -0.342 e. The highest BCUT2D eigenvalue weighted by atomic mass is 35.5. The molecule has 0 unspecified atom stereocenters. The maximum absolute atomic E-state index is 5.48. The van der Waals surface area contributed by atoms with Gasteiger partial charge in [-0.1, -0.05) is 11.8 Å². The minimum absolute atomic E-state index is 0.361. The number of H-pyrrole nitrogens is 1. The third-order valence-corrected chi connectivity index (χ3v) is 2.03. The molecule has 0 aliphatic rings. The molecule has 0 atom stereocenters. The molecule has 0 saturated carbocycles. The summed E-state index contributed by atoms with van der Waals surface area (Å²) in [5, 5.41) is 0. The molecular formula is C11H9ClN2. The maximum atomic E-state index is 5.48.